The number of amides is 3. The molecule has 0 spiro atoms. The summed E-state index contributed by atoms with van der Waals surface area (Å²) < 4.78 is 0. The van der Waals surface area contributed by atoms with Gasteiger partial charge in [0.1, 0.15) is 6.54 Å². The molecule has 14 heavy (non-hydrogen) atoms. The van der Waals surface area contributed by atoms with Crippen LogP contribution in [-0.4, -0.2) is 30.0 Å². The van der Waals surface area contributed by atoms with E-state index in [-0.39, 0.29) is 12.5 Å². The van der Waals surface area contributed by atoms with Crippen LogP contribution in [0.3, 0.4) is 0 Å². The van der Waals surface area contributed by atoms with Gasteiger partial charge in [-0.25, -0.2) is 4.79 Å². The first-order valence-electron chi connectivity index (χ1n) is 4.74. The number of nitrogens with one attached hydrogen (secondary N) is 1. The van der Waals surface area contributed by atoms with Gasteiger partial charge in [-0.05, 0) is 6.42 Å². The van der Waals surface area contributed by atoms with Crippen molar-refractivity contribution in [2.75, 3.05) is 13.1 Å². The van der Waals surface area contributed by atoms with E-state index in [9.17, 15) is 9.59 Å². The van der Waals surface area contributed by atoms with E-state index in [0.717, 1.165) is 24.3 Å². The Morgan fingerprint density at radius 2 is 2.36 bits per heavy atom. The molecule has 1 rings (SSSR count). The van der Waals surface area contributed by atoms with Crippen molar-refractivity contribution in [3.05, 3.63) is 0 Å². The first-order chi connectivity index (χ1) is 6.75. The summed E-state index contributed by atoms with van der Waals surface area (Å²) in [5.74, 6) is -0.377. The lowest BCUT2D eigenvalue weighted by molar-refractivity contribution is -0.125. The van der Waals surface area contributed by atoms with Crippen LogP contribution < -0.4 is 5.32 Å². The molecule has 1 N–H and O–H groups in total. The zero-order valence-corrected chi connectivity index (χ0v) is 8.19. The molecule has 1 heterocycles. The van der Waals surface area contributed by atoms with Gasteiger partial charge in [0.2, 0.25) is 0 Å². The Morgan fingerprint density at radius 3 is 2.93 bits per heavy atom. The van der Waals surface area contributed by atoms with Gasteiger partial charge in [0, 0.05) is 6.54 Å². The van der Waals surface area contributed by atoms with Gasteiger partial charge in [-0.1, -0.05) is 25.0 Å². The lowest BCUT2D eigenvalue weighted by Crippen LogP contribution is -2.39. The molecule has 3 amide bonds. The van der Waals surface area contributed by atoms with Crippen LogP contribution in [0, 0.1) is 0 Å². The van der Waals surface area contributed by atoms with Crippen molar-refractivity contribution in [3.8, 4) is 0 Å². The molecule has 1 aliphatic heterocycles. The van der Waals surface area contributed by atoms with Gasteiger partial charge in [-0.15, -0.1) is 5.01 Å². The maximum absolute atomic E-state index is 11.3. The standard InChI is InChI=1S/C8H14N4O2/c1-2-3-4-5-9-8(14)12-7(13)6-10-11-12/h2-6H2,1H3,(H,9,14). The second-order valence-electron chi connectivity index (χ2n) is 3.03. The van der Waals surface area contributed by atoms with E-state index in [0.29, 0.717) is 6.54 Å². The average molecular weight is 198 g/mol. The van der Waals surface area contributed by atoms with Gasteiger partial charge < -0.3 is 5.32 Å². The summed E-state index contributed by atoms with van der Waals surface area (Å²) in [6, 6.07) is -0.479. The Bertz CT molecular complexity index is 252. The highest BCUT2D eigenvalue weighted by molar-refractivity contribution is 5.95. The maximum atomic E-state index is 11.3. The molecule has 0 fully saturated rings. The number of carbonyl (C=O) groups is 2. The van der Waals surface area contributed by atoms with Crippen molar-refractivity contribution < 1.29 is 9.59 Å². The van der Waals surface area contributed by atoms with Crippen LogP contribution in [-0.2, 0) is 4.79 Å². The van der Waals surface area contributed by atoms with Gasteiger partial charge in [0.25, 0.3) is 5.91 Å². The van der Waals surface area contributed by atoms with Gasteiger partial charge in [0.15, 0.2) is 0 Å². The van der Waals surface area contributed by atoms with E-state index in [2.05, 4.69) is 22.6 Å². The molecule has 0 radical (unpaired) electrons. The summed E-state index contributed by atoms with van der Waals surface area (Å²) in [4.78, 5) is 22.2. The van der Waals surface area contributed by atoms with E-state index in [4.69, 9.17) is 0 Å². The highest BCUT2D eigenvalue weighted by Gasteiger charge is 2.24. The van der Waals surface area contributed by atoms with E-state index >= 15 is 0 Å². The Kier molecular flexibility index (Phi) is 4.03. The number of urea groups is 1. The molecule has 0 saturated carbocycles. The third-order valence-corrected chi connectivity index (χ3v) is 1.84. The molecule has 0 aromatic rings. The SMILES string of the molecule is CCCCCNC(=O)N1N=NCC1=O. The Balaban J connectivity index is 2.21. The largest absolute Gasteiger partial charge is 0.346 e. The molecular formula is C8H14N4O2. The highest BCUT2D eigenvalue weighted by Crippen LogP contribution is 2.02. The lowest BCUT2D eigenvalue weighted by Gasteiger charge is -2.09. The Hall–Kier alpha value is -1.46. The number of rotatable bonds is 4. The molecule has 6 nitrogen and oxygen atoms in total. The van der Waals surface area contributed by atoms with E-state index < -0.39 is 6.03 Å². The van der Waals surface area contributed by atoms with E-state index in [1.54, 1.807) is 0 Å². The average Bonchev–Trinajstić information content (AvgIpc) is 2.59. The van der Waals surface area contributed by atoms with Crippen molar-refractivity contribution in [2.45, 2.75) is 26.2 Å². The van der Waals surface area contributed by atoms with E-state index in [1.807, 2.05) is 0 Å². The summed E-state index contributed by atoms with van der Waals surface area (Å²) in [6.45, 7) is 2.63. The monoisotopic (exact) mass is 198 g/mol. The molecule has 0 aromatic heterocycles. The molecule has 6 heteroatoms. The highest BCUT2D eigenvalue weighted by atomic mass is 16.2. The maximum Gasteiger partial charge on any atom is 0.346 e. The Labute approximate surface area is 82.3 Å². The fraction of sp³-hybridized carbons (Fsp3) is 0.750. The van der Waals surface area contributed by atoms with Gasteiger partial charge in [0.05, 0.1) is 0 Å². The lowest BCUT2D eigenvalue weighted by atomic mass is 10.2. The number of hydrogen-bond acceptors (Lipinski definition) is 4. The first kappa shape index (κ1) is 10.6. The normalized spacial score (nSPS) is 14.9. The predicted octanol–water partition coefficient (Wildman–Crippen LogP) is 1.10. The molecule has 0 aromatic carbocycles. The zero-order valence-electron chi connectivity index (χ0n) is 8.19. The number of imide groups is 1. The topological polar surface area (TPSA) is 74.1 Å². The third-order valence-electron chi connectivity index (χ3n) is 1.84. The van der Waals surface area contributed by atoms with Crippen LogP contribution in [0.5, 0.6) is 0 Å². The van der Waals surface area contributed by atoms with Crippen LogP contribution in [0.25, 0.3) is 0 Å². The molecule has 0 aliphatic carbocycles. The van der Waals surface area contributed by atoms with Crippen molar-refractivity contribution in [3.63, 3.8) is 0 Å². The second kappa shape index (κ2) is 5.31. The second-order valence-corrected chi connectivity index (χ2v) is 3.03. The number of carbonyl (C=O) groups excluding carboxylic acids is 2. The summed E-state index contributed by atoms with van der Waals surface area (Å²) >= 11 is 0. The van der Waals surface area contributed by atoms with Crippen molar-refractivity contribution in [1.82, 2.24) is 10.3 Å². The summed E-state index contributed by atoms with van der Waals surface area (Å²) in [5.41, 5.74) is 0. The quantitative estimate of drug-likeness (QED) is 0.687. The smallest absolute Gasteiger partial charge is 0.336 e. The number of nitrogens with zero attached hydrogens (tertiary/aromatic N) is 3. The van der Waals surface area contributed by atoms with Crippen LogP contribution in [0.4, 0.5) is 4.79 Å². The minimum atomic E-state index is -0.479. The predicted molar refractivity (Wildman–Crippen MR) is 49.5 cm³/mol. The van der Waals surface area contributed by atoms with Crippen LogP contribution in [0.1, 0.15) is 26.2 Å². The van der Waals surface area contributed by atoms with Gasteiger partial charge in [-0.3, -0.25) is 4.79 Å². The molecule has 0 bridgehead atoms. The summed E-state index contributed by atoms with van der Waals surface area (Å²) in [5, 5.41) is 10.2. The van der Waals surface area contributed by atoms with Crippen LogP contribution in [0.2, 0.25) is 0 Å². The molecule has 0 saturated heterocycles. The molecule has 1 aliphatic rings. The van der Waals surface area contributed by atoms with Crippen LogP contribution in [0.15, 0.2) is 10.3 Å². The van der Waals surface area contributed by atoms with Crippen LogP contribution >= 0.6 is 0 Å². The summed E-state index contributed by atoms with van der Waals surface area (Å²) in [6.07, 6.45) is 3.08. The van der Waals surface area contributed by atoms with Gasteiger partial charge in [-0.2, -0.15) is 5.11 Å². The fourth-order valence-electron chi connectivity index (χ4n) is 1.07. The number of hydrogen-bond donors (Lipinski definition) is 1. The van der Waals surface area contributed by atoms with E-state index in [1.165, 1.54) is 0 Å². The molecule has 78 valence electrons. The minimum Gasteiger partial charge on any atom is -0.336 e. The van der Waals surface area contributed by atoms with Gasteiger partial charge >= 0.3 is 6.03 Å². The van der Waals surface area contributed by atoms with Crippen molar-refractivity contribution >= 4 is 11.9 Å². The summed E-state index contributed by atoms with van der Waals surface area (Å²) in [7, 11) is 0. The zero-order chi connectivity index (χ0) is 10.4. The molecule has 0 atom stereocenters. The number of unbranched alkanes of at least 4 members (excludes halogenated alkanes) is 2. The third kappa shape index (κ3) is 2.79. The minimum absolute atomic E-state index is 0.0254. The Morgan fingerprint density at radius 1 is 1.57 bits per heavy atom. The van der Waals surface area contributed by atoms with Crippen molar-refractivity contribution in [2.24, 2.45) is 10.3 Å². The first-order valence-corrected chi connectivity index (χ1v) is 4.74. The molecule has 0 unspecified atom stereocenters. The molecular weight excluding hydrogens is 184 g/mol. The van der Waals surface area contributed by atoms with Crippen molar-refractivity contribution in [1.29, 1.82) is 0 Å². The fourth-order valence-corrected chi connectivity index (χ4v) is 1.07.